The second-order valence-electron chi connectivity index (χ2n) is 5.19. The van der Waals surface area contributed by atoms with E-state index in [1.807, 2.05) is 0 Å². The van der Waals surface area contributed by atoms with Crippen LogP contribution in [0.3, 0.4) is 0 Å². The molecule has 128 valence electrons. The van der Waals surface area contributed by atoms with E-state index < -0.39 is 4.92 Å². The van der Waals surface area contributed by atoms with Gasteiger partial charge >= 0.3 is 5.82 Å². The minimum absolute atomic E-state index is 0.0782. The smallest absolute Gasteiger partial charge is 0.372 e. The average molecular weight is 341 g/mol. The molecule has 0 aliphatic heterocycles. The standard InChI is InChI=1S/C16H15N5O4/c1-10(22)17-11-6-7-13(25-2)12(9-11)18-15-16(21(23)24)20-8-4-3-5-14(20)19-15/h3-9,18H,1-2H3,(H,17,22). The van der Waals surface area contributed by atoms with Crippen LogP contribution < -0.4 is 15.4 Å². The largest absolute Gasteiger partial charge is 0.495 e. The fraction of sp³-hybridized carbons (Fsp3) is 0.125. The third-order valence-corrected chi connectivity index (χ3v) is 3.45. The number of hydrogen-bond acceptors (Lipinski definition) is 6. The summed E-state index contributed by atoms with van der Waals surface area (Å²) in [7, 11) is 1.48. The average Bonchev–Trinajstić information content (AvgIpc) is 2.92. The van der Waals surface area contributed by atoms with Gasteiger partial charge in [0, 0.05) is 18.7 Å². The molecule has 0 aliphatic rings. The molecule has 0 radical (unpaired) electrons. The minimum Gasteiger partial charge on any atom is -0.495 e. The van der Waals surface area contributed by atoms with E-state index in [9.17, 15) is 14.9 Å². The monoisotopic (exact) mass is 341 g/mol. The van der Waals surface area contributed by atoms with Crippen LogP contribution in [0, 0.1) is 10.1 Å². The third kappa shape index (κ3) is 3.20. The number of amides is 1. The lowest BCUT2D eigenvalue weighted by Gasteiger charge is -2.11. The molecule has 9 heteroatoms. The SMILES string of the molecule is COc1ccc(NC(C)=O)cc1Nc1nc2ccccn2c1[N+](=O)[O-]. The molecule has 2 N–H and O–H groups in total. The van der Waals surface area contributed by atoms with Gasteiger partial charge in [0.05, 0.1) is 19.0 Å². The lowest BCUT2D eigenvalue weighted by Crippen LogP contribution is -2.06. The Hall–Kier alpha value is -3.62. The number of imidazole rings is 1. The molecule has 0 spiro atoms. The van der Waals surface area contributed by atoms with Crippen LogP contribution >= 0.6 is 0 Å². The van der Waals surface area contributed by atoms with Crippen molar-refractivity contribution in [3.05, 3.63) is 52.7 Å². The number of benzene rings is 1. The zero-order chi connectivity index (χ0) is 18.0. The highest BCUT2D eigenvalue weighted by molar-refractivity contribution is 5.90. The molecule has 2 aromatic heterocycles. The summed E-state index contributed by atoms with van der Waals surface area (Å²) in [6.45, 7) is 1.39. The first kappa shape index (κ1) is 16.2. The molecule has 0 atom stereocenters. The Morgan fingerprint density at radius 1 is 1.32 bits per heavy atom. The summed E-state index contributed by atoms with van der Waals surface area (Å²) in [5.74, 6) is 0.118. The lowest BCUT2D eigenvalue weighted by molar-refractivity contribution is -0.389. The fourth-order valence-electron chi connectivity index (χ4n) is 2.46. The number of nitro groups is 1. The molecular formula is C16H15N5O4. The molecule has 0 fully saturated rings. The summed E-state index contributed by atoms with van der Waals surface area (Å²) in [4.78, 5) is 26.5. The quantitative estimate of drug-likeness (QED) is 0.545. The number of aromatic nitrogens is 2. The van der Waals surface area contributed by atoms with Gasteiger partial charge in [0.15, 0.2) is 0 Å². The van der Waals surface area contributed by atoms with Crippen molar-refractivity contribution < 1.29 is 14.5 Å². The maximum atomic E-state index is 11.5. The van der Waals surface area contributed by atoms with Crippen molar-refractivity contribution in [2.75, 3.05) is 17.7 Å². The van der Waals surface area contributed by atoms with E-state index >= 15 is 0 Å². The molecule has 3 aromatic rings. The van der Waals surface area contributed by atoms with Gasteiger partial charge in [-0.3, -0.25) is 4.79 Å². The first-order valence-corrected chi connectivity index (χ1v) is 7.33. The van der Waals surface area contributed by atoms with Gasteiger partial charge in [-0.15, -0.1) is 0 Å². The number of rotatable bonds is 5. The molecule has 2 heterocycles. The lowest BCUT2D eigenvalue weighted by atomic mass is 10.2. The van der Waals surface area contributed by atoms with E-state index in [0.29, 0.717) is 22.8 Å². The van der Waals surface area contributed by atoms with Crippen LogP contribution in [0.2, 0.25) is 0 Å². The van der Waals surface area contributed by atoms with Crippen molar-refractivity contribution in [3.63, 3.8) is 0 Å². The van der Waals surface area contributed by atoms with Crippen molar-refractivity contribution in [2.24, 2.45) is 0 Å². The van der Waals surface area contributed by atoms with Crippen LogP contribution in [0.25, 0.3) is 5.65 Å². The van der Waals surface area contributed by atoms with Gasteiger partial charge in [-0.05, 0) is 29.2 Å². The fourth-order valence-corrected chi connectivity index (χ4v) is 2.46. The number of carbonyl (C=O) groups excluding carboxylic acids is 1. The van der Waals surface area contributed by atoms with Gasteiger partial charge in [0.25, 0.3) is 0 Å². The van der Waals surface area contributed by atoms with Crippen molar-refractivity contribution in [3.8, 4) is 5.75 Å². The van der Waals surface area contributed by atoms with Crippen molar-refractivity contribution >= 4 is 34.6 Å². The van der Waals surface area contributed by atoms with E-state index in [4.69, 9.17) is 4.74 Å². The molecule has 3 rings (SSSR count). The van der Waals surface area contributed by atoms with Gasteiger partial charge in [-0.1, -0.05) is 6.07 Å². The van der Waals surface area contributed by atoms with Crippen LogP contribution in [0.1, 0.15) is 6.92 Å². The molecule has 1 aromatic carbocycles. The molecule has 25 heavy (non-hydrogen) atoms. The third-order valence-electron chi connectivity index (χ3n) is 3.45. The van der Waals surface area contributed by atoms with E-state index in [1.165, 1.54) is 18.4 Å². The molecule has 0 unspecified atom stereocenters. The predicted octanol–water partition coefficient (Wildman–Crippen LogP) is 2.95. The number of hydrogen-bond donors (Lipinski definition) is 2. The summed E-state index contributed by atoms with van der Waals surface area (Å²) in [5, 5.41) is 17.0. The zero-order valence-electron chi connectivity index (χ0n) is 13.5. The molecule has 1 amide bonds. The molecule has 0 aliphatic carbocycles. The van der Waals surface area contributed by atoms with E-state index in [2.05, 4.69) is 15.6 Å². The van der Waals surface area contributed by atoms with Gasteiger partial charge in [0.2, 0.25) is 17.4 Å². The minimum atomic E-state index is -0.507. The molecule has 9 nitrogen and oxygen atoms in total. The normalized spacial score (nSPS) is 10.5. The second kappa shape index (κ2) is 6.48. The highest BCUT2D eigenvalue weighted by Crippen LogP contribution is 2.34. The van der Waals surface area contributed by atoms with E-state index in [1.54, 1.807) is 42.6 Å². The molecule has 0 bridgehead atoms. The van der Waals surface area contributed by atoms with Gasteiger partial charge in [-0.2, -0.15) is 9.38 Å². The highest BCUT2D eigenvalue weighted by Gasteiger charge is 2.23. The maximum Gasteiger partial charge on any atom is 0.372 e. The zero-order valence-corrected chi connectivity index (χ0v) is 13.5. The van der Waals surface area contributed by atoms with E-state index in [0.717, 1.165) is 0 Å². The van der Waals surface area contributed by atoms with Crippen molar-refractivity contribution in [2.45, 2.75) is 6.92 Å². The van der Waals surface area contributed by atoms with Crippen LogP contribution in [-0.2, 0) is 4.79 Å². The maximum absolute atomic E-state index is 11.5. The second-order valence-corrected chi connectivity index (χ2v) is 5.19. The van der Waals surface area contributed by atoms with Crippen LogP contribution in [0.15, 0.2) is 42.6 Å². The summed E-state index contributed by atoms with van der Waals surface area (Å²) in [5.41, 5.74) is 1.41. The Bertz CT molecular complexity index is 966. The Balaban J connectivity index is 2.07. The summed E-state index contributed by atoms with van der Waals surface area (Å²) in [6, 6.07) is 10.0. The number of ether oxygens (including phenoxy) is 1. The van der Waals surface area contributed by atoms with Gasteiger partial charge in [-0.25, -0.2) is 0 Å². The van der Waals surface area contributed by atoms with Crippen LogP contribution in [-0.4, -0.2) is 27.3 Å². The number of nitrogens with zero attached hydrogens (tertiary/aromatic N) is 3. The summed E-state index contributed by atoms with van der Waals surface area (Å²) < 4.78 is 6.65. The molecule has 0 saturated carbocycles. The summed E-state index contributed by atoms with van der Waals surface area (Å²) >= 11 is 0. The van der Waals surface area contributed by atoms with E-state index in [-0.39, 0.29) is 17.5 Å². The Morgan fingerprint density at radius 2 is 2.12 bits per heavy atom. The number of pyridine rings is 1. The number of anilines is 3. The van der Waals surface area contributed by atoms with Crippen LogP contribution in [0.5, 0.6) is 5.75 Å². The van der Waals surface area contributed by atoms with Gasteiger partial charge in [0.1, 0.15) is 5.75 Å². The Kier molecular flexibility index (Phi) is 4.21. The van der Waals surface area contributed by atoms with Crippen molar-refractivity contribution in [1.82, 2.24) is 9.38 Å². The van der Waals surface area contributed by atoms with Crippen LogP contribution in [0.4, 0.5) is 23.0 Å². The molecular weight excluding hydrogens is 326 g/mol. The Morgan fingerprint density at radius 3 is 2.80 bits per heavy atom. The first-order valence-electron chi connectivity index (χ1n) is 7.33. The predicted molar refractivity (Wildman–Crippen MR) is 92.4 cm³/mol. The van der Waals surface area contributed by atoms with Gasteiger partial charge < -0.3 is 25.5 Å². The molecule has 0 saturated heterocycles. The summed E-state index contributed by atoms with van der Waals surface area (Å²) in [6.07, 6.45) is 1.57. The Labute approximate surface area is 142 Å². The highest BCUT2D eigenvalue weighted by atomic mass is 16.6. The number of carbonyl (C=O) groups is 1. The first-order chi connectivity index (χ1) is 12.0. The number of nitrogens with one attached hydrogen (secondary N) is 2. The number of fused-ring (bicyclic) bond motifs is 1. The number of methoxy groups -OCH3 is 1. The topological polar surface area (TPSA) is 111 Å². The van der Waals surface area contributed by atoms with Crippen molar-refractivity contribution in [1.29, 1.82) is 0 Å².